The molecule has 1 fully saturated rings. The van der Waals surface area contributed by atoms with Gasteiger partial charge < -0.3 is 30.2 Å². The number of carbonyl (C=O) groups is 3. The number of esters is 2. The minimum atomic E-state index is -0.869. The van der Waals surface area contributed by atoms with E-state index in [4.69, 9.17) is 26.4 Å². The molecule has 0 aromatic heterocycles. The molecule has 9 nitrogen and oxygen atoms in total. The number of amides is 1. The van der Waals surface area contributed by atoms with Gasteiger partial charge in [-0.2, -0.15) is 0 Å². The third kappa shape index (κ3) is 6.37. The van der Waals surface area contributed by atoms with Gasteiger partial charge in [0.1, 0.15) is 11.7 Å². The minimum Gasteiger partial charge on any atom is -0.482 e. The van der Waals surface area contributed by atoms with E-state index in [0.717, 1.165) is 4.47 Å². The zero-order chi connectivity index (χ0) is 25.5. The molecule has 184 valence electrons. The van der Waals surface area contributed by atoms with Crippen molar-refractivity contribution in [2.45, 2.75) is 13.0 Å². The van der Waals surface area contributed by atoms with Crippen LogP contribution in [-0.4, -0.2) is 43.3 Å². The highest BCUT2D eigenvalue weighted by Crippen LogP contribution is 2.37. The molecule has 2 aromatic carbocycles. The van der Waals surface area contributed by atoms with Crippen molar-refractivity contribution in [3.05, 3.63) is 70.3 Å². The number of hydrogen-bond acceptors (Lipinski definition) is 7. The van der Waals surface area contributed by atoms with Crippen molar-refractivity contribution in [1.82, 2.24) is 10.6 Å². The number of carbonyl (C=O) groups excluding carboxylic acids is 3. The van der Waals surface area contributed by atoms with Gasteiger partial charge in [0.05, 0.1) is 31.0 Å². The van der Waals surface area contributed by atoms with Crippen LogP contribution in [0.25, 0.3) is 0 Å². The molecule has 3 N–H and O–H groups in total. The van der Waals surface area contributed by atoms with Gasteiger partial charge in [-0.25, -0.2) is 9.59 Å². The summed E-state index contributed by atoms with van der Waals surface area (Å²) in [5.41, 5.74) is 1.41. The molecule has 1 saturated heterocycles. The van der Waals surface area contributed by atoms with E-state index in [9.17, 15) is 14.4 Å². The van der Waals surface area contributed by atoms with Crippen molar-refractivity contribution in [3.8, 4) is 5.75 Å². The Balaban J connectivity index is 1.95. The SMILES string of the molecule is C=C1NC(=S)N[C@H](c2cc(Br)ccc2OCC(=O)OCC)[C@H]1C(=O)Nc1ccccc1C(=O)OC. The summed E-state index contributed by atoms with van der Waals surface area (Å²) in [7, 11) is 1.26. The quantitative estimate of drug-likeness (QED) is 0.329. The van der Waals surface area contributed by atoms with Crippen LogP contribution in [0.5, 0.6) is 5.75 Å². The van der Waals surface area contributed by atoms with Crippen LogP contribution in [0.1, 0.15) is 28.9 Å². The van der Waals surface area contributed by atoms with E-state index >= 15 is 0 Å². The standard InChI is InChI=1S/C24H24BrN3O6S/c1-4-33-19(29)12-34-18-10-9-14(25)11-16(18)21-20(13(2)26-24(35)28-21)22(30)27-17-8-6-5-7-15(17)23(31)32-3/h5-11,20-21H,2,4,12H2,1,3H3,(H,27,30)(H2,26,28,35)/t20-,21+/m0/s1. The summed E-state index contributed by atoms with van der Waals surface area (Å²) >= 11 is 8.76. The van der Waals surface area contributed by atoms with Crippen LogP contribution in [-0.2, 0) is 19.1 Å². The van der Waals surface area contributed by atoms with E-state index in [2.05, 4.69) is 38.5 Å². The largest absolute Gasteiger partial charge is 0.482 e. The Morgan fingerprint density at radius 1 is 1.20 bits per heavy atom. The Labute approximate surface area is 216 Å². The van der Waals surface area contributed by atoms with Gasteiger partial charge in [-0.3, -0.25) is 4.79 Å². The number of methoxy groups -OCH3 is 1. The zero-order valence-corrected chi connectivity index (χ0v) is 21.5. The Bertz CT molecular complexity index is 1170. The van der Waals surface area contributed by atoms with Gasteiger partial charge in [0.25, 0.3) is 0 Å². The molecule has 0 radical (unpaired) electrons. The van der Waals surface area contributed by atoms with Gasteiger partial charge in [-0.05, 0) is 49.5 Å². The minimum absolute atomic E-state index is 0.207. The smallest absolute Gasteiger partial charge is 0.344 e. The first-order valence-electron chi connectivity index (χ1n) is 10.6. The Morgan fingerprint density at radius 2 is 1.94 bits per heavy atom. The summed E-state index contributed by atoms with van der Waals surface area (Å²) in [6.45, 7) is 5.62. The second-order valence-electron chi connectivity index (χ2n) is 7.38. The number of benzene rings is 2. The lowest BCUT2D eigenvalue weighted by Crippen LogP contribution is -2.51. The average molecular weight is 562 g/mol. The van der Waals surface area contributed by atoms with Crippen LogP contribution >= 0.6 is 28.1 Å². The summed E-state index contributed by atoms with van der Waals surface area (Å²) in [5.74, 6) is -2.06. The molecular formula is C24H24BrN3O6S. The first-order chi connectivity index (χ1) is 16.7. The third-order valence-corrected chi connectivity index (χ3v) is 5.81. The van der Waals surface area contributed by atoms with Gasteiger partial charge in [0.15, 0.2) is 11.7 Å². The van der Waals surface area contributed by atoms with Crippen molar-refractivity contribution in [1.29, 1.82) is 0 Å². The van der Waals surface area contributed by atoms with Crippen LogP contribution in [0.3, 0.4) is 0 Å². The molecule has 3 rings (SSSR count). The predicted molar refractivity (Wildman–Crippen MR) is 137 cm³/mol. The van der Waals surface area contributed by atoms with E-state index in [-0.39, 0.29) is 29.6 Å². The molecule has 35 heavy (non-hydrogen) atoms. The first-order valence-corrected chi connectivity index (χ1v) is 11.8. The molecule has 1 heterocycles. The lowest BCUT2D eigenvalue weighted by molar-refractivity contribution is -0.145. The molecule has 0 saturated carbocycles. The number of para-hydroxylation sites is 1. The van der Waals surface area contributed by atoms with Crippen LogP contribution in [0.2, 0.25) is 0 Å². The van der Waals surface area contributed by atoms with Crippen molar-refractivity contribution in [2.75, 3.05) is 25.6 Å². The number of rotatable bonds is 8. The fraction of sp³-hybridized carbons (Fsp3) is 0.250. The molecule has 1 amide bonds. The molecule has 0 unspecified atom stereocenters. The molecule has 2 atom stereocenters. The fourth-order valence-corrected chi connectivity index (χ4v) is 4.21. The van der Waals surface area contributed by atoms with Crippen molar-refractivity contribution < 1.29 is 28.6 Å². The molecule has 1 aliphatic rings. The van der Waals surface area contributed by atoms with Crippen LogP contribution in [0.4, 0.5) is 5.69 Å². The van der Waals surface area contributed by atoms with Crippen molar-refractivity contribution in [3.63, 3.8) is 0 Å². The molecule has 11 heteroatoms. The Morgan fingerprint density at radius 3 is 2.66 bits per heavy atom. The van der Waals surface area contributed by atoms with E-state index in [1.165, 1.54) is 7.11 Å². The van der Waals surface area contributed by atoms with Gasteiger partial charge in [0.2, 0.25) is 5.91 Å². The van der Waals surface area contributed by atoms with E-state index in [1.54, 1.807) is 49.4 Å². The van der Waals surface area contributed by atoms with Gasteiger partial charge in [-0.1, -0.05) is 34.6 Å². The second-order valence-corrected chi connectivity index (χ2v) is 8.71. The van der Waals surface area contributed by atoms with Crippen LogP contribution in [0, 0.1) is 5.92 Å². The summed E-state index contributed by atoms with van der Waals surface area (Å²) in [4.78, 5) is 37.5. The highest BCUT2D eigenvalue weighted by molar-refractivity contribution is 9.10. The second kappa shape index (κ2) is 11.8. The van der Waals surface area contributed by atoms with Crippen molar-refractivity contribution in [2.24, 2.45) is 5.92 Å². The molecule has 2 aromatic rings. The monoisotopic (exact) mass is 561 g/mol. The highest BCUT2D eigenvalue weighted by Gasteiger charge is 2.38. The van der Waals surface area contributed by atoms with Gasteiger partial charge in [-0.15, -0.1) is 0 Å². The lowest BCUT2D eigenvalue weighted by atomic mass is 9.87. The normalized spacial score (nSPS) is 17.0. The van der Waals surface area contributed by atoms with Gasteiger partial charge >= 0.3 is 11.9 Å². The number of thiocarbonyl (C=S) groups is 1. The molecular weight excluding hydrogens is 538 g/mol. The van der Waals surface area contributed by atoms with E-state index in [0.29, 0.717) is 17.0 Å². The number of hydrogen-bond donors (Lipinski definition) is 3. The average Bonchev–Trinajstić information content (AvgIpc) is 2.82. The lowest BCUT2D eigenvalue weighted by Gasteiger charge is -2.36. The predicted octanol–water partition coefficient (Wildman–Crippen LogP) is 3.47. The van der Waals surface area contributed by atoms with E-state index in [1.807, 2.05) is 0 Å². The summed E-state index contributed by atoms with van der Waals surface area (Å²) in [6.07, 6.45) is 0. The maximum absolute atomic E-state index is 13.5. The summed E-state index contributed by atoms with van der Waals surface area (Å²) < 4.78 is 16.2. The maximum Gasteiger partial charge on any atom is 0.344 e. The van der Waals surface area contributed by atoms with Crippen LogP contribution in [0.15, 0.2) is 59.2 Å². The first kappa shape index (κ1) is 26.2. The van der Waals surface area contributed by atoms with E-state index < -0.39 is 29.8 Å². The fourth-order valence-electron chi connectivity index (χ4n) is 3.58. The number of anilines is 1. The third-order valence-electron chi connectivity index (χ3n) is 5.10. The topological polar surface area (TPSA) is 115 Å². The Hall–Kier alpha value is -3.44. The summed E-state index contributed by atoms with van der Waals surface area (Å²) in [5, 5.41) is 9.06. The highest BCUT2D eigenvalue weighted by atomic mass is 79.9. The number of halogens is 1. The molecule has 1 aliphatic heterocycles. The summed E-state index contributed by atoms with van der Waals surface area (Å²) in [6, 6.07) is 11.0. The number of nitrogens with one attached hydrogen (secondary N) is 3. The van der Waals surface area contributed by atoms with Crippen LogP contribution < -0.4 is 20.7 Å². The molecule has 0 spiro atoms. The maximum atomic E-state index is 13.5. The van der Waals surface area contributed by atoms with Crippen molar-refractivity contribution >= 4 is 56.8 Å². The number of ether oxygens (including phenoxy) is 3. The zero-order valence-electron chi connectivity index (χ0n) is 19.1. The Kier molecular flexibility index (Phi) is 8.83. The molecule has 0 bridgehead atoms. The van der Waals surface area contributed by atoms with Gasteiger partial charge in [0, 0.05) is 15.7 Å². The molecule has 0 aliphatic carbocycles.